The number of carbonyl (C=O) groups is 2. The van der Waals surface area contributed by atoms with Gasteiger partial charge >= 0.3 is 0 Å². The van der Waals surface area contributed by atoms with Crippen LogP contribution in [0.25, 0.3) is 0 Å². The number of unbranched alkanes of at least 4 members (excludes halogenated alkanes) is 1. The first-order valence-corrected chi connectivity index (χ1v) is 14.8. The molecule has 0 radical (unpaired) electrons. The van der Waals surface area contributed by atoms with Gasteiger partial charge in [0.05, 0.1) is 11.4 Å². The summed E-state index contributed by atoms with van der Waals surface area (Å²) in [7, 11) is -2.60. The van der Waals surface area contributed by atoms with E-state index in [0.29, 0.717) is 18.0 Å². The third kappa shape index (κ3) is 8.65. The van der Waals surface area contributed by atoms with Crippen molar-refractivity contribution >= 4 is 33.4 Å². The molecule has 1 atom stereocenters. The lowest BCUT2D eigenvalue weighted by Gasteiger charge is -2.32. The zero-order valence-corrected chi connectivity index (χ0v) is 24.2. The van der Waals surface area contributed by atoms with E-state index in [9.17, 15) is 18.0 Å². The molecule has 0 aliphatic heterocycles. The molecule has 3 aromatic rings. The molecule has 0 spiro atoms. The van der Waals surface area contributed by atoms with Crippen LogP contribution in [0.4, 0.5) is 0 Å². The maximum Gasteiger partial charge on any atom is 0.243 e. The topological polar surface area (TPSA) is 86.8 Å². The number of nitrogens with zero attached hydrogens (tertiary/aromatic N) is 2. The van der Waals surface area contributed by atoms with Gasteiger partial charge in [-0.25, -0.2) is 8.42 Å². The van der Waals surface area contributed by atoms with Crippen LogP contribution in [0.3, 0.4) is 0 Å². The van der Waals surface area contributed by atoms with E-state index in [1.54, 1.807) is 0 Å². The van der Waals surface area contributed by atoms with Crippen LogP contribution < -0.4 is 5.32 Å². The van der Waals surface area contributed by atoms with Gasteiger partial charge in [0, 0.05) is 31.6 Å². The van der Waals surface area contributed by atoms with Gasteiger partial charge in [-0.2, -0.15) is 4.31 Å². The minimum absolute atomic E-state index is 0.0328. The summed E-state index contributed by atoms with van der Waals surface area (Å²) < 4.78 is 27.4. The lowest BCUT2D eigenvalue weighted by molar-refractivity contribution is -0.141. The third-order valence-electron chi connectivity index (χ3n) is 6.45. The van der Waals surface area contributed by atoms with Crippen molar-refractivity contribution in [2.75, 3.05) is 20.1 Å². The van der Waals surface area contributed by atoms with E-state index in [-0.39, 0.29) is 17.3 Å². The number of amides is 2. The fourth-order valence-electron chi connectivity index (χ4n) is 4.10. The molecule has 3 rings (SSSR count). The molecule has 0 unspecified atom stereocenters. The molecule has 1 N–H and O–H groups in total. The number of hydrogen-bond acceptors (Lipinski definition) is 4. The maximum atomic E-state index is 13.8. The van der Waals surface area contributed by atoms with Crippen LogP contribution in [0.15, 0.2) is 83.8 Å². The van der Waals surface area contributed by atoms with Crippen molar-refractivity contribution in [3.63, 3.8) is 0 Å². The van der Waals surface area contributed by atoms with E-state index in [1.807, 2.05) is 68.4 Å². The predicted molar refractivity (Wildman–Crippen MR) is 155 cm³/mol. The van der Waals surface area contributed by atoms with Crippen LogP contribution in [0, 0.1) is 6.92 Å². The largest absolute Gasteiger partial charge is 0.354 e. The quantitative estimate of drug-likeness (QED) is 0.299. The molecule has 0 bridgehead atoms. The molecule has 0 saturated carbocycles. The van der Waals surface area contributed by atoms with E-state index >= 15 is 0 Å². The lowest BCUT2D eigenvalue weighted by Crippen LogP contribution is -2.53. The van der Waals surface area contributed by atoms with Crippen molar-refractivity contribution in [2.45, 2.75) is 50.6 Å². The summed E-state index contributed by atoms with van der Waals surface area (Å²) in [5, 5.41) is 3.38. The molecule has 0 saturated heterocycles. The monoisotopic (exact) mass is 569 g/mol. The first-order valence-electron chi connectivity index (χ1n) is 13.0. The van der Waals surface area contributed by atoms with E-state index in [0.717, 1.165) is 33.8 Å². The smallest absolute Gasteiger partial charge is 0.243 e. The summed E-state index contributed by atoms with van der Waals surface area (Å²) in [6.45, 7) is 4.25. The van der Waals surface area contributed by atoms with Crippen molar-refractivity contribution in [3.05, 3.63) is 101 Å². The van der Waals surface area contributed by atoms with Gasteiger partial charge in [0.2, 0.25) is 21.8 Å². The number of aryl methyl sites for hydroxylation is 1. The van der Waals surface area contributed by atoms with Crippen LogP contribution in [-0.2, 0) is 32.6 Å². The Hall–Kier alpha value is -3.20. The van der Waals surface area contributed by atoms with Crippen LogP contribution in [0.5, 0.6) is 0 Å². The molecule has 0 aliphatic rings. The normalized spacial score (nSPS) is 12.2. The van der Waals surface area contributed by atoms with Crippen molar-refractivity contribution in [1.82, 2.24) is 14.5 Å². The molecule has 208 valence electrons. The average Bonchev–Trinajstić information content (AvgIpc) is 2.92. The molecular weight excluding hydrogens is 534 g/mol. The predicted octanol–water partition coefficient (Wildman–Crippen LogP) is 4.83. The molecule has 0 heterocycles. The van der Waals surface area contributed by atoms with E-state index in [1.165, 1.54) is 36.2 Å². The molecule has 0 aromatic heterocycles. The SMILES string of the molecule is CCCCNC(=O)[C@H](Cc1ccccc1)N(Cc1ccc(C)cc1)C(=O)CN(C)S(=O)(=O)c1ccc(Cl)cc1. The molecular formula is C30H36ClN3O4S. The zero-order valence-electron chi connectivity index (χ0n) is 22.6. The zero-order chi connectivity index (χ0) is 28.4. The second-order valence-corrected chi connectivity index (χ2v) is 12.1. The highest BCUT2D eigenvalue weighted by atomic mass is 35.5. The summed E-state index contributed by atoms with van der Waals surface area (Å²) >= 11 is 5.92. The van der Waals surface area contributed by atoms with Gasteiger partial charge in [0.1, 0.15) is 6.04 Å². The minimum atomic E-state index is -3.96. The average molecular weight is 570 g/mol. The first-order chi connectivity index (χ1) is 18.6. The summed E-state index contributed by atoms with van der Waals surface area (Å²) in [6.07, 6.45) is 2.03. The first kappa shape index (κ1) is 30.3. The Morgan fingerprint density at radius 3 is 2.18 bits per heavy atom. The minimum Gasteiger partial charge on any atom is -0.354 e. The van der Waals surface area contributed by atoms with E-state index in [2.05, 4.69) is 5.32 Å². The number of sulfonamides is 1. The van der Waals surface area contributed by atoms with Crippen LogP contribution in [-0.4, -0.2) is 55.6 Å². The van der Waals surface area contributed by atoms with Crippen molar-refractivity contribution in [1.29, 1.82) is 0 Å². The van der Waals surface area contributed by atoms with E-state index < -0.39 is 28.5 Å². The third-order valence-corrected chi connectivity index (χ3v) is 8.52. The fraction of sp³-hybridized carbons (Fsp3) is 0.333. The molecule has 3 aromatic carbocycles. The van der Waals surface area contributed by atoms with Crippen molar-refractivity contribution in [2.24, 2.45) is 0 Å². The van der Waals surface area contributed by atoms with Crippen LogP contribution in [0.2, 0.25) is 5.02 Å². The van der Waals surface area contributed by atoms with Gasteiger partial charge < -0.3 is 10.2 Å². The number of halogens is 1. The number of nitrogens with one attached hydrogen (secondary N) is 1. The highest BCUT2D eigenvalue weighted by Crippen LogP contribution is 2.20. The Kier molecular flexibility index (Phi) is 11.1. The van der Waals surface area contributed by atoms with Crippen LogP contribution in [0.1, 0.15) is 36.5 Å². The second kappa shape index (κ2) is 14.3. The Morgan fingerprint density at radius 1 is 0.923 bits per heavy atom. The van der Waals surface area contributed by atoms with Crippen molar-refractivity contribution < 1.29 is 18.0 Å². The lowest BCUT2D eigenvalue weighted by atomic mass is 10.0. The summed E-state index contributed by atoms with van der Waals surface area (Å²) in [4.78, 5) is 28.9. The number of carbonyl (C=O) groups excluding carboxylic acids is 2. The van der Waals surface area contributed by atoms with Gasteiger partial charge in [-0.05, 0) is 48.7 Å². The van der Waals surface area contributed by atoms with Gasteiger partial charge in [-0.3, -0.25) is 9.59 Å². The summed E-state index contributed by atoms with van der Waals surface area (Å²) in [5.74, 6) is -0.738. The number of hydrogen-bond donors (Lipinski definition) is 1. The Morgan fingerprint density at radius 2 is 1.56 bits per heavy atom. The Balaban J connectivity index is 1.94. The molecule has 9 heteroatoms. The number of benzene rings is 3. The summed E-state index contributed by atoms with van der Waals surface area (Å²) in [5.41, 5.74) is 2.82. The maximum absolute atomic E-state index is 13.8. The molecule has 7 nitrogen and oxygen atoms in total. The van der Waals surface area contributed by atoms with Crippen molar-refractivity contribution in [3.8, 4) is 0 Å². The standard InChI is InChI=1S/C30H36ClN3O4S/c1-4-5-19-32-30(36)28(20-24-9-7-6-8-10-24)34(21-25-13-11-23(2)12-14-25)29(35)22-33(3)39(37,38)27-17-15-26(31)16-18-27/h6-18,28H,4-5,19-22H2,1-3H3,(H,32,36)/t28-/m0/s1. The molecule has 0 aliphatic carbocycles. The Bertz CT molecular complexity index is 1330. The molecule has 39 heavy (non-hydrogen) atoms. The number of likely N-dealkylation sites (N-methyl/N-ethyl adjacent to an activating group) is 1. The molecule has 0 fully saturated rings. The van der Waals surface area contributed by atoms with Gasteiger partial charge in [-0.1, -0.05) is 85.1 Å². The Labute approximate surface area is 236 Å². The second-order valence-electron chi connectivity index (χ2n) is 9.57. The highest BCUT2D eigenvalue weighted by Gasteiger charge is 2.33. The molecule has 2 amide bonds. The van der Waals surface area contributed by atoms with E-state index in [4.69, 9.17) is 11.6 Å². The van der Waals surface area contributed by atoms with Crippen LogP contribution >= 0.6 is 11.6 Å². The highest BCUT2D eigenvalue weighted by molar-refractivity contribution is 7.89. The number of rotatable bonds is 13. The van der Waals surface area contributed by atoms with Gasteiger partial charge in [0.15, 0.2) is 0 Å². The fourth-order valence-corrected chi connectivity index (χ4v) is 5.35. The van der Waals surface area contributed by atoms with Gasteiger partial charge in [-0.15, -0.1) is 0 Å². The summed E-state index contributed by atoms with van der Waals surface area (Å²) in [6, 6.07) is 22.2. The van der Waals surface area contributed by atoms with Gasteiger partial charge in [0.25, 0.3) is 0 Å².